The molecule has 88 valence electrons. The van der Waals surface area contributed by atoms with Gasteiger partial charge in [-0.1, -0.05) is 6.92 Å². The number of ether oxygens (including phenoxy) is 1. The normalized spacial score (nSPS) is 29.4. The van der Waals surface area contributed by atoms with Gasteiger partial charge in [0.05, 0.1) is 6.10 Å². The van der Waals surface area contributed by atoms with Crippen LogP contribution in [0.25, 0.3) is 0 Å². The minimum Gasteiger partial charge on any atom is -0.377 e. The van der Waals surface area contributed by atoms with E-state index in [1.165, 1.54) is 32.1 Å². The number of likely N-dealkylation sites (N-methyl/N-ethyl adjacent to an activating group) is 1. The topological polar surface area (TPSA) is 38.5 Å². The lowest BCUT2D eigenvalue weighted by Gasteiger charge is -2.50. The van der Waals surface area contributed by atoms with Gasteiger partial charge >= 0.3 is 0 Å². The molecule has 0 amide bonds. The van der Waals surface area contributed by atoms with Gasteiger partial charge in [-0.25, -0.2) is 0 Å². The molecule has 2 fully saturated rings. The third-order valence-corrected chi connectivity index (χ3v) is 4.16. The number of nitrogens with two attached hydrogens (primary N) is 1. The molecule has 1 atom stereocenters. The molecular weight excluding hydrogens is 188 g/mol. The molecule has 1 saturated heterocycles. The quantitative estimate of drug-likeness (QED) is 0.748. The Morgan fingerprint density at radius 1 is 1.40 bits per heavy atom. The molecule has 2 aliphatic rings. The molecule has 3 heteroatoms. The van der Waals surface area contributed by atoms with Gasteiger partial charge in [-0.3, -0.25) is 4.90 Å². The van der Waals surface area contributed by atoms with Gasteiger partial charge in [-0.2, -0.15) is 0 Å². The van der Waals surface area contributed by atoms with E-state index < -0.39 is 0 Å². The number of hydrogen-bond acceptors (Lipinski definition) is 3. The lowest BCUT2D eigenvalue weighted by atomic mass is 9.75. The molecule has 0 radical (unpaired) electrons. The Kier molecular flexibility index (Phi) is 3.65. The van der Waals surface area contributed by atoms with E-state index in [1.54, 1.807) is 0 Å². The molecule has 0 aromatic carbocycles. The smallest absolute Gasteiger partial charge is 0.0703 e. The average Bonchev–Trinajstić information content (AvgIpc) is 2.68. The minimum absolute atomic E-state index is 0.320. The largest absolute Gasteiger partial charge is 0.377 e. The molecule has 3 nitrogen and oxygen atoms in total. The van der Waals surface area contributed by atoms with E-state index in [9.17, 15) is 0 Å². The Labute approximate surface area is 93.0 Å². The predicted octanol–water partition coefficient (Wildman–Crippen LogP) is 1.37. The van der Waals surface area contributed by atoms with Crippen molar-refractivity contribution in [3.63, 3.8) is 0 Å². The van der Waals surface area contributed by atoms with Crippen LogP contribution in [0.4, 0.5) is 0 Å². The Morgan fingerprint density at radius 3 is 2.60 bits per heavy atom. The molecule has 1 heterocycles. The second kappa shape index (κ2) is 4.81. The van der Waals surface area contributed by atoms with Crippen LogP contribution in [0.1, 0.15) is 39.0 Å². The van der Waals surface area contributed by atoms with Crippen molar-refractivity contribution in [3.8, 4) is 0 Å². The van der Waals surface area contributed by atoms with Crippen molar-refractivity contribution < 1.29 is 4.74 Å². The van der Waals surface area contributed by atoms with Gasteiger partial charge in [0.25, 0.3) is 0 Å². The standard InChI is InChI=1S/C12H24N2O/c1-2-14(9-11-5-3-8-15-11)12(10-13)6-4-7-12/h11H,2-10,13H2,1H3. The van der Waals surface area contributed by atoms with Crippen molar-refractivity contribution in [2.24, 2.45) is 5.73 Å². The molecule has 1 aliphatic heterocycles. The summed E-state index contributed by atoms with van der Waals surface area (Å²) in [6, 6.07) is 0. The molecule has 0 aromatic rings. The van der Waals surface area contributed by atoms with Crippen LogP contribution < -0.4 is 5.73 Å². The third-order valence-electron chi connectivity index (χ3n) is 4.16. The summed E-state index contributed by atoms with van der Waals surface area (Å²) < 4.78 is 5.71. The Bertz CT molecular complexity index is 192. The van der Waals surface area contributed by atoms with E-state index in [2.05, 4.69) is 11.8 Å². The average molecular weight is 212 g/mol. The van der Waals surface area contributed by atoms with E-state index in [0.29, 0.717) is 11.6 Å². The lowest BCUT2D eigenvalue weighted by molar-refractivity contribution is -0.0141. The second-order valence-corrected chi connectivity index (χ2v) is 4.96. The molecular formula is C12H24N2O. The van der Waals surface area contributed by atoms with Gasteiger partial charge < -0.3 is 10.5 Å². The van der Waals surface area contributed by atoms with E-state index in [0.717, 1.165) is 26.2 Å². The Hall–Kier alpha value is -0.120. The zero-order valence-corrected chi connectivity index (χ0v) is 9.87. The van der Waals surface area contributed by atoms with Gasteiger partial charge in [-0.05, 0) is 38.6 Å². The molecule has 0 spiro atoms. The van der Waals surface area contributed by atoms with Gasteiger partial charge in [-0.15, -0.1) is 0 Å². The summed E-state index contributed by atoms with van der Waals surface area (Å²) in [6.45, 7) is 6.21. The number of hydrogen-bond donors (Lipinski definition) is 1. The van der Waals surface area contributed by atoms with Crippen molar-refractivity contribution >= 4 is 0 Å². The summed E-state index contributed by atoms with van der Waals surface area (Å²) in [4.78, 5) is 2.56. The summed E-state index contributed by atoms with van der Waals surface area (Å²) in [5, 5.41) is 0. The van der Waals surface area contributed by atoms with E-state index in [-0.39, 0.29) is 0 Å². The highest BCUT2D eigenvalue weighted by atomic mass is 16.5. The van der Waals surface area contributed by atoms with Crippen molar-refractivity contribution in [1.29, 1.82) is 0 Å². The maximum Gasteiger partial charge on any atom is 0.0703 e. The highest BCUT2D eigenvalue weighted by Crippen LogP contribution is 2.37. The summed E-state index contributed by atoms with van der Waals surface area (Å²) in [5.41, 5.74) is 6.26. The number of rotatable bonds is 5. The third kappa shape index (κ3) is 2.19. The first-order valence-electron chi connectivity index (χ1n) is 6.37. The van der Waals surface area contributed by atoms with Gasteiger partial charge in [0.2, 0.25) is 0 Å². The fourth-order valence-electron chi connectivity index (χ4n) is 2.93. The van der Waals surface area contributed by atoms with Crippen molar-refractivity contribution in [1.82, 2.24) is 4.90 Å². The minimum atomic E-state index is 0.320. The Balaban J connectivity index is 1.90. The fraction of sp³-hybridized carbons (Fsp3) is 1.00. The summed E-state index contributed by atoms with van der Waals surface area (Å²) >= 11 is 0. The zero-order chi connectivity index (χ0) is 10.7. The highest BCUT2D eigenvalue weighted by molar-refractivity contribution is 4.99. The van der Waals surface area contributed by atoms with Crippen molar-refractivity contribution in [2.75, 3.05) is 26.2 Å². The van der Waals surface area contributed by atoms with E-state index in [1.807, 2.05) is 0 Å². The fourth-order valence-corrected chi connectivity index (χ4v) is 2.93. The summed E-state index contributed by atoms with van der Waals surface area (Å²) in [7, 11) is 0. The summed E-state index contributed by atoms with van der Waals surface area (Å²) in [5.74, 6) is 0. The maximum atomic E-state index is 5.94. The Morgan fingerprint density at radius 2 is 2.20 bits per heavy atom. The van der Waals surface area contributed by atoms with Crippen LogP contribution in [0.15, 0.2) is 0 Å². The van der Waals surface area contributed by atoms with Crippen LogP contribution in [0, 0.1) is 0 Å². The molecule has 15 heavy (non-hydrogen) atoms. The first-order chi connectivity index (χ1) is 7.30. The van der Waals surface area contributed by atoms with Gasteiger partial charge in [0, 0.05) is 25.2 Å². The maximum absolute atomic E-state index is 5.94. The molecule has 0 bridgehead atoms. The number of nitrogens with zero attached hydrogens (tertiary/aromatic N) is 1. The van der Waals surface area contributed by atoms with Crippen LogP contribution in [0.3, 0.4) is 0 Å². The second-order valence-electron chi connectivity index (χ2n) is 4.96. The van der Waals surface area contributed by atoms with Crippen molar-refractivity contribution in [2.45, 2.75) is 50.7 Å². The van der Waals surface area contributed by atoms with Crippen molar-refractivity contribution in [3.05, 3.63) is 0 Å². The lowest BCUT2D eigenvalue weighted by Crippen LogP contribution is -2.59. The summed E-state index contributed by atoms with van der Waals surface area (Å²) in [6.07, 6.45) is 6.84. The van der Waals surface area contributed by atoms with Gasteiger partial charge in [0.1, 0.15) is 0 Å². The van der Waals surface area contributed by atoms with Crippen LogP contribution in [0.5, 0.6) is 0 Å². The van der Waals surface area contributed by atoms with Crippen LogP contribution in [-0.2, 0) is 4.74 Å². The zero-order valence-electron chi connectivity index (χ0n) is 9.87. The predicted molar refractivity (Wildman–Crippen MR) is 61.9 cm³/mol. The van der Waals surface area contributed by atoms with Crippen LogP contribution in [0.2, 0.25) is 0 Å². The van der Waals surface area contributed by atoms with Crippen LogP contribution >= 0.6 is 0 Å². The van der Waals surface area contributed by atoms with E-state index in [4.69, 9.17) is 10.5 Å². The van der Waals surface area contributed by atoms with Crippen LogP contribution in [-0.4, -0.2) is 42.8 Å². The van der Waals surface area contributed by atoms with E-state index >= 15 is 0 Å². The first kappa shape index (κ1) is 11.4. The molecule has 2 N–H and O–H groups in total. The molecule has 1 saturated carbocycles. The molecule has 1 aliphatic carbocycles. The molecule has 0 aromatic heterocycles. The monoisotopic (exact) mass is 212 g/mol. The molecule has 1 unspecified atom stereocenters. The highest BCUT2D eigenvalue weighted by Gasteiger charge is 2.41. The van der Waals surface area contributed by atoms with Gasteiger partial charge in [0.15, 0.2) is 0 Å². The first-order valence-corrected chi connectivity index (χ1v) is 6.37. The molecule has 2 rings (SSSR count). The SMILES string of the molecule is CCN(CC1CCCO1)C1(CN)CCC1.